The largest absolute Gasteiger partial charge is 0.451 e. The monoisotopic (exact) mass is 296 g/mol. The number of thioether (sulfide) groups is 1. The molecule has 1 aromatic rings. The molecular formula is C10H15F3N4OS. The fraction of sp³-hybridized carbons (Fsp3) is 0.700. The minimum atomic E-state index is -4.55. The lowest BCUT2D eigenvalue weighted by Gasteiger charge is -2.11. The number of aromatic nitrogens is 3. The molecule has 0 bridgehead atoms. The SMILES string of the molecule is CCCNC(=O)[C@H](C)Sc1nnc(C(F)(F)F)n1C. The second-order valence-electron chi connectivity index (χ2n) is 3.91. The summed E-state index contributed by atoms with van der Waals surface area (Å²) < 4.78 is 38.4. The van der Waals surface area contributed by atoms with Crippen LogP contribution in [-0.2, 0) is 18.0 Å². The lowest BCUT2D eigenvalue weighted by atomic mass is 10.4. The van der Waals surface area contributed by atoms with E-state index in [-0.39, 0.29) is 11.1 Å². The highest BCUT2D eigenvalue weighted by molar-refractivity contribution is 8.00. The number of nitrogens with one attached hydrogen (secondary N) is 1. The van der Waals surface area contributed by atoms with Crippen molar-refractivity contribution in [2.45, 2.75) is 36.9 Å². The quantitative estimate of drug-likeness (QED) is 0.842. The summed E-state index contributed by atoms with van der Waals surface area (Å²) >= 11 is 0.943. The third-order valence-corrected chi connectivity index (χ3v) is 3.42. The van der Waals surface area contributed by atoms with Crippen LogP contribution in [0.25, 0.3) is 0 Å². The Balaban J connectivity index is 2.73. The van der Waals surface area contributed by atoms with Gasteiger partial charge in [-0.05, 0) is 13.3 Å². The lowest BCUT2D eigenvalue weighted by molar-refractivity contribution is -0.147. The van der Waals surface area contributed by atoms with Crippen molar-refractivity contribution in [2.24, 2.45) is 7.05 Å². The first kappa shape index (κ1) is 15.8. The van der Waals surface area contributed by atoms with E-state index >= 15 is 0 Å². The van der Waals surface area contributed by atoms with Gasteiger partial charge in [-0.1, -0.05) is 18.7 Å². The van der Waals surface area contributed by atoms with E-state index in [1.165, 1.54) is 7.05 Å². The van der Waals surface area contributed by atoms with Crippen LogP contribution in [0.3, 0.4) is 0 Å². The Morgan fingerprint density at radius 3 is 2.58 bits per heavy atom. The standard InChI is InChI=1S/C10H15F3N4OS/c1-4-5-14-7(18)6(2)19-9-16-15-8(17(9)3)10(11,12)13/h6H,4-5H2,1-3H3,(H,14,18)/t6-/m0/s1. The van der Waals surface area contributed by atoms with Crippen molar-refractivity contribution in [2.75, 3.05) is 6.54 Å². The minimum Gasteiger partial charge on any atom is -0.355 e. The van der Waals surface area contributed by atoms with Crippen LogP contribution in [0, 0.1) is 0 Å². The zero-order chi connectivity index (χ0) is 14.6. The van der Waals surface area contributed by atoms with Crippen LogP contribution in [0.2, 0.25) is 0 Å². The molecular weight excluding hydrogens is 281 g/mol. The van der Waals surface area contributed by atoms with Crippen molar-refractivity contribution in [3.05, 3.63) is 5.82 Å². The van der Waals surface area contributed by atoms with Gasteiger partial charge in [0, 0.05) is 13.6 Å². The Morgan fingerprint density at radius 1 is 1.47 bits per heavy atom. The van der Waals surface area contributed by atoms with E-state index in [4.69, 9.17) is 0 Å². The van der Waals surface area contributed by atoms with Crippen molar-refractivity contribution >= 4 is 17.7 Å². The van der Waals surface area contributed by atoms with Gasteiger partial charge in [0.05, 0.1) is 5.25 Å². The molecule has 5 nitrogen and oxygen atoms in total. The Hall–Kier alpha value is -1.25. The summed E-state index contributed by atoms with van der Waals surface area (Å²) in [5.74, 6) is -1.31. The number of alkyl halides is 3. The molecule has 1 rings (SSSR count). The maximum absolute atomic E-state index is 12.5. The van der Waals surface area contributed by atoms with Crippen molar-refractivity contribution in [3.63, 3.8) is 0 Å². The molecule has 1 atom stereocenters. The number of carbonyl (C=O) groups is 1. The van der Waals surface area contributed by atoms with Gasteiger partial charge in [-0.3, -0.25) is 4.79 Å². The van der Waals surface area contributed by atoms with Gasteiger partial charge in [-0.2, -0.15) is 13.2 Å². The number of amides is 1. The molecule has 1 heterocycles. The third kappa shape index (κ3) is 4.12. The van der Waals surface area contributed by atoms with Gasteiger partial charge in [0.1, 0.15) is 0 Å². The normalized spacial score (nSPS) is 13.4. The molecule has 0 unspecified atom stereocenters. The zero-order valence-corrected chi connectivity index (χ0v) is 11.6. The molecule has 0 spiro atoms. The number of carbonyl (C=O) groups excluding carboxylic acids is 1. The molecule has 19 heavy (non-hydrogen) atoms. The first-order valence-electron chi connectivity index (χ1n) is 5.68. The van der Waals surface area contributed by atoms with Crippen LogP contribution in [0.15, 0.2) is 5.16 Å². The third-order valence-electron chi connectivity index (χ3n) is 2.29. The molecule has 108 valence electrons. The Kier molecular flexibility index (Phi) is 5.21. The van der Waals surface area contributed by atoms with Gasteiger partial charge < -0.3 is 9.88 Å². The Morgan fingerprint density at radius 2 is 2.11 bits per heavy atom. The molecule has 0 aliphatic carbocycles. The van der Waals surface area contributed by atoms with E-state index in [0.717, 1.165) is 22.7 Å². The molecule has 0 saturated carbocycles. The molecule has 0 aliphatic rings. The summed E-state index contributed by atoms with van der Waals surface area (Å²) in [5.41, 5.74) is 0. The van der Waals surface area contributed by atoms with Gasteiger partial charge >= 0.3 is 6.18 Å². The number of halogens is 3. The van der Waals surface area contributed by atoms with Gasteiger partial charge in [0.2, 0.25) is 11.7 Å². The van der Waals surface area contributed by atoms with E-state index in [0.29, 0.717) is 6.54 Å². The van der Waals surface area contributed by atoms with E-state index in [1.54, 1.807) is 6.92 Å². The topological polar surface area (TPSA) is 59.8 Å². The average molecular weight is 296 g/mol. The predicted octanol–water partition coefficient (Wildman–Crippen LogP) is 1.84. The van der Waals surface area contributed by atoms with Gasteiger partial charge in [-0.25, -0.2) is 0 Å². The van der Waals surface area contributed by atoms with Crippen LogP contribution < -0.4 is 5.32 Å². The molecule has 0 saturated heterocycles. The fourth-order valence-electron chi connectivity index (χ4n) is 1.27. The highest BCUT2D eigenvalue weighted by atomic mass is 32.2. The molecule has 1 N–H and O–H groups in total. The number of rotatable bonds is 5. The van der Waals surface area contributed by atoms with Crippen LogP contribution in [-0.4, -0.2) is 32.5 Å². The number of nitrogens with zero attached hydrogens (tertiary/aromatic N) is 3. The average Bonchev–Trinajstić information content (AvgIpc) is 2.67. The second kappa shape index (κ2) is 6.27. The molecule has 1 aromatic heterocycles. The number of hydrogen-bond acceptors (Lipinski definition) is 4. The van der Waals surface area contributed by atoms with Gasteiger partial charge in [0.25, 0.3) is 0 Å². The smallest absolute Gasteiger partial charge is 0.355 e. The molecule has 0 radical (unpaired) electrons. The fourth-order valence-corrected chi connectivity index (χ4v) is 2.11. The first-order chi connectivity index (χ1) is 8.77. The molecule has 0 fully saturated rings. The summed E-state index contributed by atoms with van der Waals surface area (Å²) in [5, 5.41) is 8.76. The Bertz CT molecular complexity index is 446. The highest BCUT2D eigenvalue weighted by Gasteiger charge is 2.37. The summed E-state index contributed by atoms with van der Waals surface area (Å²) in [6.07, 6.45) is -3.75. The van der Waals surface area contributed by atoms with Crippen molar-refractivity contribution in [3.8, 4) is 0 Å². The molecule has 0 aromatic carbocycles. The van der Waals surface area contributed by atoms with Crippen molar-refractivity contribution < 1.29 is 18.0 Å². The molecule has 1 amide bonds. The zero-order valence-electron chi connectivity index (χ0n) is 10.8. The summed E-state index contributed by atoms with van der Waals surface area (Å²) in [4.78, 5) is 11.6. The number of hydrogen-bond donors (Lipinski definition) is 1. The maximum atomic E-state index is 12.5. The predicted molar refractivity (Wildman–Crippen MR) is 64.6 cm³/mol. The van der Waals surface area contributed by atoms with Gasteiger partial charge in [-0.15, -0.1) is 10.2 Å². The van der Waals surface area contributed by atoms with E-state index in [9.17, 15) is 18.0 Å². The van der Waals surface area contributed by atoms with Crippen LogP contribution in [0.5, 0.6) is 0 Å². The van der Waals surface area contributed by atoms with Crippen LogP contribution >= 0.6 is 11.8 Å². The van der Waals surface area contributed by atoms with E-state index < -0.39 is 17.3 Å². The molecule has 0 aliphatic heterocycles. The van der Waals surface area contributed by atoms with Crippen molar-refractivity contribution in [1.29, 1.82) is 0 Å². The summed E-state index contributed by atoms with van der Waals surface area (Å²) in [6, 6.07) is 0. The van der Waals surface area contributed by atoms with E-state index in [2.05, 4.69) is 15.5 Å². The van der Waals surface area contributed by atoms with E-state index in [1.807, 2.05) is 6.92 Å². The lowest BCUT2D eigenvalue weighted by Crippen LogP contribution is -2.31. The van der Waals surface area contributed by atoms with Crippen LogP contribution in [0.1, 0.15) is 26.1 Å². The van der Waals surface area contributed by atoms with Gasteiger partial charge in [0.15, 0.2) is 5.16 Å². The van der Waals surface area contributed by atoms with Crippen LogP contribution in [0.4, 0.5) is 13.2 Å². The Labute approximate surface area is 113 Å². The maximum Gasteiger partial charge on any atom is 0.451 e. The second-order valence-corrected chi connectivity index (χ2v) is 5.22. The highest BCUT2D eigenvalue weighted by Crippen LogP contribution is 2.30. The summed E-state index contributed by atoms with van der Waals surface area (Å²) in [6.45, 7) is 4.06. The first-order valence-corrected chi connectivity index (χ1v) is 6.56. The molecule has 9 heteroatoms. The summed E-state index contributed by atoms with van der Waals surface area (Å²) in [7, 11) is 1.22. The van der Waals surface area contributed by atoms with Crippen molar-refractivity contribution in [1.82, 2.24) is 20.1 Å². The minimum absolute atomic E-state index is 0.0615.